The van der Waals surface area contributed by atoms with Crippen molar-refractivity contribution in [2.24, 2.45) is 0 Å². The number of hydrogen-bond acceptors (Lipinski definition) is 5. The predicted molar refractivity (Wildman–Crippen MR) is 138 cm³/mol. The molecule has 6 rings (SSSR count). The first-order valence-electron chi connectivity index (χ1n) is 12.3. The molecule has 6 nitrogen and oxygen atoms in total. The van der Waals surface area contributed by atoms with E-state index in [1.54, 1.807) is 7.11 Å². The normalized spacial score (nSPS) is 16.1. The van der Waals surface area contributed by atoms with E-state index in [1.165, 1.54) is 33.3 Å². The van der Waals surface area contributed by atoms with Crippen molar-refractivity contribution in [2.75, 3.05) is 46.6 Å². The lowest BCUT2D eigenvalue weighted by atomic mass is 10.0. The van der Waals surface area contributed by atoms with Crippen LogP contribution in [0.4, 0.5) is 0 Å². The molecule has 1 N–H and O–H groups in total. The highest BCUT2D eigenvalue weighted by Crippen LogP contribution is 2.33. The second-order valence-electron chi connectivity index (χ2n) is 9.31. The number of nitrogens with one attached hydrogen (secondary N) is 1. The highest BCUT2D eigenvalue weighted by Gasteiger charge is 2.20. The van der Waals surface area contributed by atoms with E-state index in [1.807, 2.05) is 18.2 Å². The molecule has 0 unspecified atom stereocenters. The van der Waals surface area contributed by atoms with Crippen LogP contribution in [0.5, 0.6) is 17.2 Å². The number of ether oxygens (including phenoxy) is 3. The van der Waals surface area contributed by atoms with Gasteiger partial charge in [0.05, 0.1) is 7.11 Å². The van der Waals surface area contributed by atoms with Crippen molar-refractivity contribution in [1.29, 1.82) is 0 Å². The number of H-pyrrole nitrogens is 1. The summed E-state index contributed by atoms with van der Waals surface area (Å²) in [5.41, 5.74) is 6.29. The molecule has 0 aliphatic carbocycles. The van der Waals surface area contributed by atoms with Crippen molar-refractivity contribution in [3.05, 3.63) is 77.9 Å². The number of para-hydroxylation sites is 1. The molecule has 0 amide bonds. The van der Waals surface area contributed by atoms with Gasteiger partial charge in [0.1, 0.15) is 5.75 Å². The Hall–Kier alpha value is -3.48. The van der Waals surface area contributed by atoms with Crippen molar-refractivity contribution < 1.29 is 14.2 Å². The summed E-state index contributed by atoms with van der Waals surface area (Å²) < 4.78 is 16.3. The third kappa shape index (κ3) is 4.59. The lowest BCUT2D eigenvalue weighted by Crippen LogP contribution is -2.46. The van der Waals surface area contributed by atoms with E-state index in [0.29, 0.717) is 6.79 Å². The molecular weight excluding hydrogens is 438 g/mol. The monoisotopic (exact) mass is 469 g/mol. The Morgan fingerprint density at radius 1 is 0.857 bits per heavy atom. The first-order valence-corrected chi connectivity index (χ1v) is 12.3. The number of rotatable bonds is 7. The molecule has 35 heavy (non-hydrogen) atoms. The van der Waals surface area contributed by atoms with Crippen LogP contribution in [0.15, 0.2) is 66.7 Å². The van der Waals surface area contributed by atoms with Crippen molar-refractivity contribution >= 4 is 10.9 Å². The van der Waals surface area contributed by atoms with Crippen molar-refractivity contribution in [1.82, 2.24) is 14.8 Å². The molecule has 0 radical (unpaired) electrons. The van der Waals surface area contributed by atoms with Gasteiger partial charge in [-0.1, -0.05) is 24.3 Å². The SMILES string of the molecule is COc1ccc(-c2[nH]c3ccccc3c2CCN2CCN(Cc3ccc4c(c3)OCO4)CC2)cc1. The van der Waals surface area contributed by atoms with Crippen LogP contribution >= 0.6 is 0 Å². The zero-order valence-electron chi connectivity index (χ0n) is 20.1. The van der Waals surface area contributed by atoms with E-state index in [4.69, 9.17) is 14.2 Å². The summed E-state index contributed by atoms with van der Waals surface area (Å²) >= 11 is 0. The van der Waals surface area contributed by atoms with Crippen LogP contribution in [-0.2, 0) is 13.0 Å². The van der Waals surface area contributed by atoms with Gasteiger partial charge in [-0.3, -0.25) is 4.90 Å². The maximum Gasteiger partial charge on any atom is 0.231 e. The smallest absolute Gasteiger partial charge is 0.231 e. The van der Waals surface area contributed by atoms with Crippen LogP contribution < -0.4 is 14.2 Å². The molecule has 0 spiro atoms. The highest BCUT2D eigenvalue weighted by atomic mass is 16.7. The standard InChI is InChI=1S/C29H31N3O3/c1-33-23-9-7-22(8-10-23)29-25(24-4-2-3-5-26(24)30-29)12-13-31-14-16-32(17-15-31)19-21-6-11-27-28(18-21)35-20-34-27/h2-11,18,30H,12-17,19-20H2,1H3. The summed E-state index contributed by atoms with van der Waals surface area (Å²) in [4.78, 5) is 8.79. The van der Waals surface area contributed by atoms with E-state index >= 15 is 0 Å². The minimum atomic E-state index is 0.327. The van der Waals surface area contributed by atoms with Gasteiger partial charge in [0.15, 0.2) is 11.5 Å². The fourth-order valence-electron chi connectivity index (χ4n) is 5.20. The summed E-state index contributed by atoms with van der Waals surface area (Å²) in [6.45, 7) is 6.67. The van der Waals surface area contributed by atoms with E-state index in [0.717, 1.165) is 62.9 Å². The molecule has 1 fully saturated rings. The maximum atomic E-state index is 5.54. The van der Waals surface area contributed by atoms with E-state index in [9.17, 15) is 0 Å². The van der Waals surface area contributed by atoms with E-state index in [2.05, 4.69) is 63.3 Å². The van der Waals surface area contributed by atoms with Crippen LogP contribution in [0.2, 0.25) is 0 Å². The number of nitrogens with zero attached hydrogens (tertiary/aromatic N) is 2. The molecule has 6 heteroatoms. The summed E-state index contributed by atoms with van der Waals surface area (Å²) in [7, 11) is 1.71. The molecule has 0 saturated carbocycles. The molecule has 180 valence electrons. The van der Waals surface area contributed by atoms with Crippen LogP contribution in [0.1, 0.15) is 11.1 Å². The van der Waals surface area contributed by atoms with Gasteiger partial charge in [0.25, 0.3) is 0 Å². The Morgan fingerprint density at radius 3 is 2.46 bits per heavy atom. The number of methoxy groups -OCH3 is 1. The second-order valence-corrected chi connectivity index (χ2v) is 9.31. The quantitative estimate of drug-likeness (QED) is 0.416. The largest absolute Gasteiger partial charge is 0.497 e. The molecule has 4 aromatic rings. The second kappa shape index (κ2) is 9.64. The first-order chi connectivity index (χ1) is 17.3. The van der Waals surface area contributed by atoms with Crippen molar-refractivity contribution in [3.63, 3.8) is 0 Å². The molecule has 3 heterocycles. The predicted octanol–water partition coefficient (Wildman–Crippen LogP) is 4.93. The van der Waals surface area contributed by atoms with E-state index < -0.39 is 0 Å². The number of aromatic amines is 1. The van der Waals surface area contributed by atoms with Crippen molar-refractivity contribution in [3.8, 4) is 28.5 Å². The van der Waals surface area contributed by atoms with Gasteiger partial charge >= 0.3 is 0 Å². The minimum Gasteiger partial charge on any atom is -0.497 e. The average molecular weight is 470 g/mol. The molecule has 1 saturated heterocycles. The fraction of sp³-hybridized carbons (Fsp3) is 0.310. The van der Waals surface area contributed by atoms with Crippen LogP contribution in [-0.4, -0.2) is 61.4 Å². The van der Waals surface area contributed by atoms with Gasteiger partial charge < -0.3 is 24.1 Å². The van der Waals surface area contributed by atoms with Gasteiger partial charge in [-0.25, -0.2) is 0 Å². The molecular formula is C29H31N3O3. The highest BCUT2D eigenvalue weighted by molar-refractivity contribution is 5.90. The number of hydrogen-bond donors (Lipinski definition) is 1. The number of aromatic nitrogens is 1. The zero-order valence-corrected chi connectivity index (χ0v) is 20.1. The molecule has 2 aliphatic rings. The summed E-state index contributed by atoms with van der Waals surface area (Å²) in [5, 5.41) is 1.32. The van der Waals surface area contributed by atoms with Gasteiger partial charge in [0.2, 0.25) is 6.79 Å². The lowest BCUT2D eigenvalue weighted by molar-refractivity contribution is 0.128. The average Bonchev–Trinajstić information content (AvgIpc) is 3.52. The fourth-order valence-corrected chi connectivity index (χ4v) is 5.20. The Balaban J connectivity index is 1.11. The molecule has 0 bridgehead atoms. The minimum absolute atomic E-state index is 0.327. The summed E-state index contributed by atoms with van der Waals surface area (Å²) in [5.74, 6) is 2.60. The first kappa shape index (κ1) is 22.0. The number of piperazine rings is 1. The summed E-state index contributed by atoms with van der Waals surface area (Å²) in [6.07, 6.45) is 1.02. The van der Waals surface area contributed by atoms with Gasteiger partial charge in [-0.05, 0) is 65.6 Å². The number of benzene rings is 3. The number of fused-ring (bicyclic) bond motifs is 2. The summed E-state index contributed by atoms with van der Waals surface area (Å²) in [6, 6.07) is 23.3. The molecule has 3 aromatic carbocycles. The van der Waals surface area contributed by atoms with Crippen LogP contribution in [0, 0.1) is 0 Å². The van der Waals surface area contributed by atoms with Gasteiger partial charge in [-0.2, -0.15) is 0 Å². The van der Waals surface area contributed by atoms with E-state index in [-0.39, 0.29) is 0 Å². The van der Waals surface area contributed by atoms with Crippen molar-refractivity contribution in [2.45, 2.75) is 13.0 Å². The van der Waals surface area contributed by atoms with Gasteiger partial charge in [0, 0.05) is 55.9 Å². The Labute approximate surface area is 206 Å². The Morgan fingerprint density at radius 2 is 1.63 bits per heavy atom. The molecule has 2 aliphatic heterocycles. The van der Waals surface area contributed by atoms with Gasteiger partial charge in [-0.15, -0.1) is 0 Å². The Kier molecular flexibility index (Phi) is 6.06. The molecule has 0 atom stereocenters. The van der Waals surface area contributed by atoms with Crippen LogP contribution in [0.3, 0.4) is 0 Å². The topological polar surface area (TPSA) is 50.0 Å². The Bertz CT molecular complexity index is 1310. The van der Waals surface area contributed by atoms with Crippen LogP contribution in [0.25, 0.3) is 22.2 Å². The maximum absolute atomic E-state index is 5.54. The zero-order chi connectivity index (χ0) is 23.6. The third-order valence-electron chi connectivity index (χ3n) is 7.18. The molecule has 1 aromatic heterocycles. The third-order valence-corrected chi connectivity index (χ3v) is 7.18. The lowest BCUT2D eigenvalue weighted by Gasteiger charge is -2.34.